The quantitative estimate of drug-likeness (QED) is 0.807. The van der Waals surface area contributed by atoms with Crippen LogP contribution in [0.5, 0.6) is 0 Å². The van der Waals surface area contributed by atoms with Gasteiger partial charge in [-0.1, -0.05) is 0 Å². The lowest BCUT2D eigenvalue weighted by Gasteiger charge is -2.27. The fourth-order valence-corrected chi connectivity index (χ4v) is 3.71. The number of ether oxygens (including phenoxy) is 2. The molecule has 0 unspecified atom stereocenters. The van der Waals surface area contributed by atoms with Gasteiger partial charge in [0, 0.05) is 0 Å². The molecule has 26 heavy (non-hydrogen) atoms. The van der Waals surface area contributed by atoms with Crippen molar-refractivity contribution in [2.75, 3.05) is 32.9 Å². The highest BCUT2D eigenvalue weighted by atomic mass is 19.1. The number of fused-ring (bicyclic) bond motifs is 1. The predicted octanol–water partition coefficient (Wildman–Crippen LogP) is 1.20. The molecule has 2 aromatic rings. The van der Waals surface area contributed by atoms with Crippen LogP contribution >= 0.6 is 0 Å². The second-order valence-electron chi connectivity index (χ2n) is 6.86. The number of imidazole rings is 1. The molecule has 1 aromatic carbocycles. The molecule has 4 rings (SSSR count). The minimum atomic E-state index is -0.320. The molecule has 2 N–H and O–H groups in total. The molecule has 0 spiro atoms. The van der Waals surface area contributed by atoms with Gasteiger partial charge in [0.05, 0.1) is 36.3 Å². The van der Waals surface area contributed by atoms with Crippen LogP contribution in [0.3, 0.4) is 0 Å². The van der Waals surface area contributed by atoms with Crippen molar-refractivity contribution in [2.24, 2.45) is 0 Å². The Morgan fingerprint density at radius 1 is 1.38 bits per heavy atom. The first-order chi connectivity index (χ1) is 12.7. The van der Waals surface area contributed by atoms with Crippen molar-refractivity contribution < 1.29 is 18.7 Å². The molecule has 2 fully saturated rings. The van der Waals surface area contributed by atoms with E-state index in [0.717, 1.165) is 13.1 Å². The number of aromatic nitrogens is 2. The molecule has 8 heteroatoms. The Bertz CT molecular complexity index is 775. The smallest absolute Gasteiger partial charge is 0.246 e. The summed E-state index contributed by atoms with van der Waals surface area (Å²) in [4.78, 5) is 21.9. The molecular formula is C18H23FN4O3. The van der Waals surface area contributed by atoms with Crippen LogP contribution in [0, 0.1) is 5.82 Å². The van der Waals surface area contributed by atoms with Crippen LogP contribution < -0.4 is 5.32 Å². The number of carbonyl (C=O) groups excluding carboxylic acids is 1. The molecule has 1 amide bonds. The van der Waals surface area contributed by atoms with Crippen molar-refractivity contribution >= 4 is 16.9 Å². The zero-order chi connectivity index (χ0) is 17.9. The van der Waals surface area contributed by atoms with Crippen LogP contribution in [-0.4, -0.2) is 65.8 Å². The summed E-state index contributed by atoms with van der Waals surface area (Å²) in [6.07, 6.45) is 2.42. The molecule has 1 aromatic heterocycles. The lowest BCUT2D eigenvalue weighted by atomic mass is 10.1. The summed E-state index contributed by atoms with van der Waals surface area (Å²) in [5.74, 6) is 0.0868. The van der Waals surface area contributed by atoms with Crippen LogP contribution in [0.2, 0.25) is 0 Å². The van der Waals surface area contributed by atoms with Crippen LogP contribution in [0.15, 0.2) is 18.2 Å². The third-order valence-corrected chi connectivity index (χ3v) is 4.97. The number of hydrogen-bond acceptors (Lipinski definition) is 5. The molecular weight excluding hydrogens is 339 g/mol. The van der Waals surface area contributed by atoms with E-state index in [4.69, 9.17) is 9.47 Å². The number of likely N-dealkylation sites (tertiary alicyclic amines) is 1. The fourth-order valence-electron chi connectivity index (χ4n) is 3.71. The van der Waals surface area contributed by atoms with E-state index in [-0.39, 0.29) is 37.0 Å². The van der Waals surface area contributed by atoms with Crippen molar-refractivity contribution in [3.63, 3.8) is 0 Å². The standard InChI is InChI=1S/C18H23FN4O3/c19-12-3-4-13-14(7-12)21-17(20-13)10-26-11-18(24)22-15-8-25-9-16(15)23-5-1-2-6-23/h3-4,7,15-16H,1-2,5-6,8-11H2,(H,20,21)(H,22,24)/t15-,16-/m0/s1. The summed E-state index contributed by atoms with van der Waals surface area (Å²) in [6.45, 7) is 3.48. The molecule has 0 radical (unpaired) electrons. The van der Waals surface area contributed by atoms with Gasteiger partial charge >= 0.3 is 0 Å². The maximum absolute atomic E-state index is 13.2. The molecule has 2 saturated heterocycles. The predicted molar refractivity (Wildman–Crippen MR) is 93.1 cm³/mol. The minimum Gasteiger partial charge on any atom is -0.378 e. The van der Waals surface area contributed by atoms with Gasteiger partial charge in [0.15, 0.2) is 0 Å². The van der Waals surface area contributed by atoms with Gasteiger partial charge in [0.1, 0.15) is 24.9 Å². The Morgan fingerprint density at radius 2 is 2.23 bits per heavy atom. The number of carbonyl (C=O) groups is 1. The number of aromatic amines is 1. The van der Waals surface area contributed by atoms with Crippen molar-refractivity contribution in [3.05, 3.63) is 29.8 Å². The third kappa shape index (κ3) is 3.87. The Hall–Kier alpha value is -2.03. The largest absolute Gasteiger partial charge is 0.378 e. The number of rotatable bonds is 6. The maximum atomic E-state index is 13.2. The average molecular weight is 362 g/mol. The molecule has 2 aliphatic heterocycles. The summed E-state index contributed by atoms with van der Waals surface area (Å²) in [7, 11) is 0. The fraction of sp³-hybridized carbons (Fsp3) is 0.556. The van der Waals surface area contributed by atoms with E-state index < -0.39 is 0 Å². The molecule has 7 nitrogen and oxygen atoms in total. The molecule has 0 saturated carbocycles. The Labute approximate surface area is 150 Å². The van der Waals surface area contributed by atoms with Crippen molar-refractivity contribution in [3.8, 4) is 0 Å². The van der Waals surface area contributed by atoms with Crippen LogP contribution in [0.25, 0.3) is 11.0 Å². The van der Waals surface area contributed by atoms with Crippen molar-refractivity contribution in [2.45, 2.75) is 31.5 Å². The number of hydrogen-bond donors (Lipinski definition) is 2. The van der Waals surface area contributed by atoms with E-state index in [2.05, 4.69) is 20.2 Å². The lowest BCUT2D eigenvalue weighted by Crippen LogP contribution is -2.51. The van der Waals surface area contributed by atoms with Gasteiger partial charge < -0.3 is 19.8 Å². The zero-order valence-corrected chi connectivity index (χ0v) is 14.5. The monoisotopic (exact) mass is 362 g/mol. The number of H-pyrrole nitrogens is 1. The van der Waals surface area contributed by atoms with E-state index in [1.165, 1.54) is 25.0 Å². The molecule has 0 bridgehead atoms. The highest BCUT2D eigenvalue weighted by Crippen LogP contribution is 2.19. The van der Waals surface area contributed by atoms with E-state index >= 15 is 0 Å². The number of benzene rings is 1. The lowest BCUT2D eigenvalue weighted by molar-refractivity contribution is -0.127. The van der Waals surface area contributed by atoms with E-state index in [1.54, 1.807) is 6.07 Å². The second kappa shape index (κ2) is 7.69. The molecule has 0 aliphatic carbocycles. The van der Waals surface area contributed by atoms with E-state index in [0.29, 0.717) is 30.1 Å². The number of nitrogens with zero attached hydrogens (tertiary/aromatic N) is 2. The summed E-state index contributed by atoms with van der Waals surface area (Å²) < 4.78 is 24.2. The number of amides is 1. The van der Waals surface area contributed by atoms with Gasteiger partial charge in [-0.15, -0.1) is 0 Å². The first-order valence-electron chi connectivity index (χ1n) is 9.02. The minimum absolute atomic E-state index is 0.0124. The highest BCUT2D eigenvalue weighted by Gasteiger charge is 2.35. The first-order valence-corrected chi connectivity index (χ1v) is 9.02. The summed E-state index contributed by atoms with van der Waals surface area (Å²) in [5, 5.41) is 3.02. The molecule has 3 heterocycles. The highest BCUT2D eigenvalue weighted by molar-refractivity contribution is 5.77. The maximum Gasteiger partial charge on any atom is 0.246 e. The number of nitrogens with one attached hydrogen (secondary N) is 2. The third-order valence-electron chi connectivity index (χ3n) is 4.97. The van der Waals surface area contributed by atoms with Gasteiger partial charge in [-0.2, -0.15) is 0 Å². The second-order valence-corrected chi connectivity index (χ2v) is 6.86. The molecule has 2 atom stereocenters. The number of halogens is 1. The summed E-state index contributed by atoms with van der Waals surface area (Å²) in [5.41, 5.74) is 1.29. The van der Waals surface area contributed by atoms with Gasteiger partial charge in [-0.25, -0.2) is 9.37 Å². The Balaban J connectivity index is 1.25. The Morgan fingerprint density at radius 3 is 3.08 bits per heavy atom. The summed E-state index contributed by atoms with van der Waals surface area (Å²) in [6, 6.07) is 4.62. The summed E-state index contributed by atoms with van der Waals surface area (Å²) >= 11 is 0. The first kappa shape index (κ1) is 17.4. The normalized spacial score (nSPS) is 23.7. The topological polar surface area (TPSA) is 79.5 Å². The van der Waals surface area contributed by atoms with Gasteiger partial charge in [-0.3, -0.25) is 9.69 Å². The van der Waals surface area contributed by atoms with E-state index in [1.807, 2.05) is 0 Å². The van der Waals surface area contributed by atoms with Gasteiger partial charge in [0.25, 0.3) is 0 Å². The van der Waals surface area contributed by atoms with Gasteiger partial charge in [-0.05, 0) is 44.1 Å². The van der Waals surface area contributed by atoms with Crippen LogP contribution in [0.1, 0.15) is 18.7 Å². The van der Waals surface area contributed by atoms with Gasteiger partial charge in [0.2, 0.25) is 5.91 Å². The average Bonchev–Trinajstić information content (AvgIpc) is 3.33. The van der Waals surface area contributed by atoms with Crippen LogP contribution in [0.4, 0.5) is 4.39 Å². The molecule has 2 aliphatic rings. The van der Waals surface area contributed by atoms with Crippen LogP contribution in [-0.2, 0) is 20.9 Å². The Kier molecular flexibility index (Phi) is 5.14. The SMILES string of the molecule is O=C(COCc1nc2ccc(F)cc2[nH]1)N[C@H]1COC[C@@H]1N1CCCC1. The van der Waals surface area contributed by atoms with Crippen molar-refractivity contribution in [1.29, 1.82) is 0 Å². The van der Waals surface area contributed by atoms with E-state index in [9.17, 15) is 9.18 Å². The van der Waals surface area contributed by atoms with Crippen molar-refractivity contribution in [1.82, 2.24) is 20.2 Å². The molecule has 140 valence electrons. The zero-order valence-electron chi connectivity index (χ0n) is 14.5.